The van der Waals surface area contributed by atoms with Gasteiger partial charge < -0.3 is 10.3 Å². The summed E-state index contributed by atoms with van der Waals surface area (Å²) in [6.45, 7) is 0.490. The molecule has 0 radical (unpaired) electrons. The van der Waals surface area contributed by atoms with Gasteiger partial charge in [0.1, 0.15) is 0 Å². The Morgan fingerprint density at radius 2 is 2.13 bits per heavy atom. The van der Waals surface area contributed by atoms with Gasteiger partial charge in [-0.3, -0.25) is 0 Å². The maximum atomic E-state index is 6.00. The minimum atomic E-state index is 0.490. The number of rotatable bonds is 3. The molecule has 15 heavy (non-hydrogen) atoms. The zero-order valence-corrected chi connectivity index (χ0v) is 8.74. The molecule has 1 aromatic carbocycles. The molecule has 0 saturated carbocycles. The predicted molar refractivity (Wildman–Crippen MR) is 57.5 cm³/mol. The lowest BCUT2D eigenvalue weighted by Crippen LogP contribution is -2.02. The molecule has 4 nitrogen and oxygen atoms in total. The molecule has 1 heterocycles. The van der Waals surface area contributed by atoms with E-state index in [0.717, 1.165) is 5.56 Å². The van der Waals surface area contributed by atoms with Crippen LogP contribution in [0.25, 0.3) is 11.4 Å². The lowest BCUT2D eigenvalue weighted by molar-refractivity contribution is 0.380. The van der Waals surface area contributed by atoms with Gasteiger partial charge in [-0.05, 0) is 12.1 Å². The second kappa shape index (κ2) is 4.42. The number of hydrogen-bond acceptors (Lipinski definition) is 4. The molecule has 0 saturated heterocycles. The van der Waals surface area contributed by atoms with E-state index in [1.165, 1.54) is 0 Å². The van der Waals surface area contributed by atoms with Gasteiger partial charge in [-0.25, -0.2) is 0 Å². The molecule has 78 valence electrons. The van der Waals surface area contributed by atoms with Gasteiger partial charge in [0.2, 0.25) is 11.7 Å². The van der Waals surface area contributed by atoms with Gasteiger partial charge in [0.15, 0.2) is 0 Å². The zero-order chi connectivity index (χ0) is 10.7. The van der Waals surface area contributed by atoms with Crippen molar-refractivity contribution in [3.63, 3.8) is 0 Å². The third-order valence-electron chi connectivity index (χ3n) is 1.94. The Labute approximate surface area is 92.0 Å². The fraction of sp³-hybridized carbons (Fsp3) is 0.200. The van der Waals surface area contributed by atoms with Crippen LogP contribution in [0.4, 0.5) is 0 Å². The predicted octanol–water partition coefficient (Wildman–Crippen LogP) is 1.89. The summed E-state index contributed by atoms with van der Waals surface area (Å²) in [6.07, 6.45) is 0.581. The number of halogens is 1. The maximum absolute atomic E-state index is 6.00. The lowest BCUT2D eigenvalue weighted by Gasteiger charge is -1.95. The van der Waals surface area contributed by atoms with Gasteiger partial charge in [0, 0.05) is 18.5 Å². The van der Waals surface area contributed by atoms with Crippen molar-refractivity contribution in [3.05, 3.63) is 35.2 Å². The molecule has 5 heteroatoms. The van der Waals surface area contributed by atoms with Crippen LogP contribution in [0.15, 0.2) is 28.8 Å². The summed E-state index contributed by atoms with van der Waals surface area (Å²) in [5.74, 6) is 1.04. The first-order chi connectivity index (χ1) is 7.31. The Morgan fingerprint density at radius 3 is 2.87 bits per heavy atom. The van der Waals surface area contributed by atoms with Gasteiger partial charge in [-0.2, -0.15) is 4.98 Å². The lowest BCUT2D eigenvalue weighted by atomic mass is 10.2. The van der Waals surface area contributed by atoms with Gasteiger partial charge in [0.05, 0.1) is 5.02 Å². The van der Waals surface area contributed by atoms with E-state index in [4.69, 9.17) is 21.9 Å². The van der Waals surface area contributed by atoms with Crippen LogP contribution in [0.2, 0.25) is 5.02 Å². The molecular weight excluding hydrogens is 214 g/mol. The van der Waals surface area contributed by atoms with E-state index in [1.54, 1.807) is 6.07 Å². The maximum Gasteiger partial charge on any atom is 0.228 e. The van der Waals surface area contributed by atoms with Crippen LogP contribution < -0.4 is 5.73 Å². The highest BCUT2D eigenvalue weighted by molar-refractivity contribution is 6.33. The second-order valence-electron chi connectivity index (χ2n) is 3.03. The average Bonchev–Trinajstić information content (AvgIpc) is 2.68. The summed E-state index contributed by atoms with van der Waals surface area (Å²) in [7, 11) is 0. The molecule has 0 unspecified atom stereocenters. The van der Waals surface area contributed by atoms with Gasteiger partial charge in [-0.15, -0.1) is 0 Å². The molecule has 0 atom stereocenters. The van der Waals surface area contributed by atoms with Crippen LogP contribution in [0.1, 0.15) is 5.89 Å². The average molecular weight is 224 g/mol. The minimum absolute atomic E-state index is 0.490. The van der Waals surface area contributed by atoms with Crippen molar-refractivity contribution >= 4 is 11.6 Å². The molecule has 0 bridgehead atoms. The molecule has 0 spiro atoms. The highest BCUT2D eigenvalue weighted by Gasteiger charge is 2.10. The topological polar surface area (TPSA) is 64.9 Å². The quantitative estimate of drug-likeness (QED) is 0.863. The first kappa shape index (κ1) is 10.1. The van der Waals surface area contributed by atoms with E-state index in [9.17, 15) is 0 Å². The van der Waals surface area contributed by atoms with E-state index in [0.29, 0.717) is 29.7 Å². The summed E-state index contributed by atoms with van der Waals surface area (Å²) in [4.78, 5) is 4.19. The molecule has 2 N–H and O–H groups in total. The van der Waals surface area contributed by atoms with Crippen LogP contribution in [0, 0.1) is 0 Å². The third kappa shape index (κ3) is 2.16. The summed E-state index contributed by atoms with van der Waals surface area (Å²) in [5, 5.41) is 4.45. The van der Waals surface area contributed by atoms with E-state index < -0.39 is 0 Å². The first-order valence-electron chi connectivity index (χ1n) is 4.59. The molecule has 1 aromatic heterocycles. The molecule has 0 aliphatic rings. The van der Waals surface area contributed by atoms with E-state index >= 15 is 0 Å². The first-order valence-corrected chi connectivity index (χ1v) is 4.96. The molecular formula is C10H10ClN3O. The Morgan fingerprint density at radius 1 is 1.33 bits per heavy atom. The molecule has 2 aromatic rings. The van der Waals surface area contributed by atoms with Crippen LogP contribution in [-0.2, 0) is 6.42 Å². The van der Waals surface area contributed by atoms with Gasteiger partial charge >= 0.3 is 0 Å². The summed E-state index contributed by atoms with van der Waals surface area (Å²) >= 11 is 6.00. The number of nitrogens with two attached hydrogens (primary N) is 1. The Kier molecular flexibility index (Phi) is 2.99. The van der Waals surface area contributed by atoms with Crippen molar-refractivity contribution in [2.24, 2.45) is 5.73 Å². The van der Waals surface area contributed by atoms with Gasteiger partial charge in [0.25, 0.3) is 0 Å². The smallest absolute Gasteiger partial charge is 0.228 e. The van der Waals surface area contributed by atoms with Crippen molar-refractivity contribution in [2.45, 2.75) is 6.42 Å². The van der Waals surface area contributed by atoms with E-state index in [-0.39, 0.29) is 0 Å². The zero-order valence-electron chi connectivity index (χ0n) is 7.98. The van der Waals surface area contributed by atoms with Crippen molar-refractivity contribution in [1.82, 2.24) is 10.1 Å². The molecule has 0 amide bonds. The largest absolute Gasteiger partial charge is 0.339 e. The fourth-order valence-electron chi connectivity index (χ4n) is 1.23. The van der Waals surface area contributed by atoms with Gasteiger partial charge in [-0.1, -0.05) is 28.9 Å². The fourth-order valence-corrected chi connectivity index (χ4v) is 1.45. The Hall–Kier alpha value is -1.39. The molecule has 0 aliphatic heterocycles. The monoisotopic (exact) mass is 223 g/mol. The third-order valence-corrected chi connectivity index (χ3v) is 2.27. The summed E-state index contributed by atoms with van der Waals surface area (Å²) < 4.78 is 5.01. The standard InChI is InChI=1S/C10H10ClN3O/c11-8-4-2-1-3-7(8)10-13-9(5-6-12)15-14-10/h1-4H,5-6,12H2. The van der Waals surface area contributed by atoms with E-state index in [2.05, 4.69) is 10.1 Å². The minimum Gasteiger partial charge on any atom is -0.339 e. The van der Waals surface area contributed by atoms with Crippen LogP contribution in [-0.4, -0.2) is 16.7 Å². The van der Waals surface area contributed by atoms with Crippen LogP contribution in [0.3, 0.4) is 0 Å². The van der Waals surface area contributed by atoms with Crippen LogP contribution in [0.5, 0.6) is 0 Å². The highest BCUT2D eigenvalue weighted by Crippen LogP contribution is 2.24. The molecule has 0 fully saturated rings. The normalized spacial score (nSPS) is 10.5. The van der Waals surface area contributed by atoms with Crippen molar-refractivity contribution in [2.75, 3.05) is 6.54 Å². The summed E-state index contributed by atoms with van der Waals surface area (Å²) in [6, 6.07) is 7.36. The second-order valence-corrected chi connectivity index (χ2v) is 3.44. The SMILES string of the molecule is NCCc1nc(-c2ccccc2Cl)no1. The molecule has 0 aliphatic carbocycles. The Bertz CT molecular complexity index is 455. The number of nitrogens with zero attached hydrogens (tertiary/aromatic N) is 2. The molecule has 2 rings (SSSR count). The number of benzene rings is 1. The number of hydrogen-bond donors (Lipinski definition) is 1. The van der Waals surface area contributed by atoms with Crippen molar-refractivity contribution in [3.8, 4) is 11.4 Å². The summed E-state index contributed by atoms with van der Waals surface area (Å²) in [5.41, 5.74) is 6.15. The van der Waals surface area contributed by atoms with Crippen molar-refractivity contribution in [1.29, 1.82) is 0 Å². The Balaban J connectivity index is 2.33. The van der Waals surface area contributed by atoms with Crippen LogP contribution >= 0.6 is 11.6 Å². The highest BCUT2D eigenvalue weighted by atomic mass is 35.5. The van der Waals surface area contributed by atoms with Crippen molar-refractivity contribution < 1.29 is 4.52 Å². The van der Waals surface area contributed by atoms with E-state index in [1.807, 2.05) is 18.2 Å². The number of aromatic nitrogens is 2.